The summed E-state index contributed by atoms with van der Waals surface area (Å²) in [4.78, 5) is 13.2. The Balaban J connectivity index is 2.03. The van der Waals surface area contributed by atoms with Crippen molar-refractivity contribution in [3.05, 3.63) is 88.4 Å². The summed E-state index contributed by atoms with van der Waals surface area (Å²) < 4.78 is 37.5. The molecule has 0 radical (unpaired) electrons. The van der Waals surface area contributed by atoms with Gasteiger partial charge in [0, 0.05) is 17.6 Å². The maximum atomic E-state index is 13.2. The number of nitrogens with zero attached hydrogens (tertiary/aromatic N) is 1. The second-order valence-electron chi connectivity index (χ2n) is 7.29. The maximum Gasteiger partial charge on any atom is 0.253 e. The lowest BCUT2D eigenvalue weighted by molar-refractivity contribution is 0.0951. The quantitative estimate of drug-likeness (QED) is 0.486. The Morgan fingerprint density at radius 2 is 1.55 bits per heavy atom. The minimum absolute atomic E-state index is 0.0482. The van der Waals surface area contributed by atoms with Gasteiger partial charge in [-0.2, -0.15) is 0 Å². The fourth-order valence-corrected chi connectivity index (χ4v) is 4.28. The monoisotopic (exact) mass is 488 g/mol. The van der Waals surface area contributed by atoms with Gasteiger partial charge in [-0.3, -0.25) is 9.10 Å². The normalized spacial score (nSPS) is 11.0. The van der Waals surface area contributed by atoms with Crippen LogP contribution in [0, 0.1) is 0 Å². The zero-order chi connectivity index (χ0) is 24.0. The summed E-state index contributed by atoms with van der Waals surface area (Å²) in [5, 5.41) is 3.43. The van der Waals surface area contributed by atoms with Gasteiger partial charge in [-0.05, 0) is 29.3 Å². The van der Waals surface area contributed by atoms with Gasteiger partial charge in [-0.25, -0.2) is 8.42 Å². The summed E-state index contributed by atoms with van der Waals surface area (Å²) in [6, 6.07) is 19.2. The van der Waals surface area contributed by atoms with E-state index >= 15 is 0 Å². The third kappa shape index (κ3) is 6.18. The van der Waals surface area contributed by atoms with E-state index in [-0.39, 0.29) is 24.3 Å². The number of amides is 1. The van der Waals surface area contributed by atoms with Crippen LogP contribution in [0.3, 0.4) is 0 Å². The van der Waals surface area contributed by atoms with Gasteiger partial charge in [0.05, 0.1) is 38.3 Å². The first-order valence-electron chi connectivity index (χ1n) is 10.0. The largest absolute Gasteiger partial charge is 0.493 e. The number of anilines is 1. The molecule has 9 heteroatoms. The van der Waals surface area contributed by atoms with Crippen LogP contribution in [0.2, 0.25) is 5.02 Å². The Labute approximate surface area is 198 Å². The molecule has 3 aromatic rings. The van der Waals surface area contributed by atoms with Crippen molar-refractivity contribution < 1.29 is 22.7 Å². The molecule has 0 aliphatic carbocycles. The van der Waals surface area contributed by atoms with Gasteiger partial charge in [0.25, 0.3) is 5.91 Å². The zero-order valence-electron chi connectivity index (χ0n) is 18.5. The predicted octanol–water partition coefficient (Wildman–Crippen LogP) is 4.25. The third-order valence-corrected chi connectivity index (χ3v) is 6.33. The first-order chi connectivity index (χ1) is 15.7. The second-order valence-corrected chi connectivity index (χ2v) is 9.63. The molecule has 3 aromatic carbocycles. The van der Waals surface area contributed by atoms with E-state index in [2.05, 4.69) is 5.32 Å². The van der Waals surface area contributed by atoms with Crippen molar-refractivity contribution in [1.29, 1.82) is 0 Å². The minimum Gasteiger partial charge on any atom is -0.493 e. The smallest absolute Gasteiger partial charge is 0.253 e. The van der Waals surface area contributed by atoms with E-state index < -0.39 is 15.9 Å². The van der Waals surface area contributed by atoms with Crippen LogP contribution in [0.25, 0.3) is 0 Å². The molecule has 0 heterocycles. The Morgan fingerprint density at radius 3 is 2.12 bits per heavy atom. The van der Waals surface area contributed by atoms with Crippen molar-refractivity contribution in [1.82, 2.24) is 5.32 Å². The van der Waals surface area contributed by atoms with Crippen LogP contribution in [-0.2, 0) is 23.1 Å². The lowest BCUT2D eigenvalue weighted by Gasteiger charge is -2.26. The Hall–Kier alpha value is -3.23. The fraction of sp³-hybridized carbons (Fsp3) is 0.208. The first kappa shape index (κ1) is 24.4. The first-order valence-corrected chi connectivity index (χ1v) is 12.3. The summed E-state index contributed by atoms with van der Waals surface area (Å²) >= 11 is 5.92. The number of hydrogen-bond donors (Lipinski definition) is 1. The molecule has 0 unspecified atom stereocenters. The van der Waals surface area contributed by atoms with E-state index in [1.807, 2.05) is 30.3 Å². The molecular weight excluding hydrogens is 464 g/mol. The maximum absolute atomic E-state index is 13.2. The third-order valence-electron chi connectivity index (χ3n) is 4.95. The Morgan fingerprint density at radius 1 is 0.939 bits per heavy atom. The van der Waals surface area contributed by atoms with Gasteiger partial charge >= 0.3 is 0 Å². The Kier molecular flexibility index (Phi) is 7.84. The molecule has 0 aliphatic rings. The van der Waals surface area contributed by atoms with E-state index in [1.165, 1.54) is 30.7 Å². The van der Waals surface area contributed by atoms with E-state index in [9.17, 15) is 13.2 Å². The molecule has 0 saturated heterocycles. The van der Waals surface area contributed by atoms with Crippen molar-refractivity contribution in [3.8, 4) is 11.5 Å². The molecule has 0 saturated carbocycles. The predicted molar refractivity (Wildman–Crippen MR) is 130 cm³/mol. The lowest BCUT2D eigenvalue weighted by Crippen LogP contribution is -2.32. The van der Waals surface area contributed by atoms with Gasteiger partial charge in [-0.1, -0.05) is 54.1 Å². The van der Waals surface area contributed by atoms with Crippen molar-refractivity contribution in [2.75, 3.05) is 24.8 Å². The molecule has 1 N–H and O–H groups in total. The molecule has 7 nitrogen and oxygen atoms in total. The summed E-state index contributed by atoms with van der Waals surface area (Å²) in [5.74, 6) is 0.164. The summed E-state index contributed by atoms with van der Waals surface area (Å²) in [6.45, 7) is 0.286. The van der Waals surface area contributed by atoms with Crippen molar-refractivity contribution in [3.63, 3.8) is 0 Å². The van der Waals surface area contributed by atoms with Gasteiger partial charge in [0.2, 0.25) is 10.0 Å². The van der Waals surface area contributed by atoms with Crippen LogP contribution in [0.4, 0.5) is 5.69 Å². The number of halogens is 1. The number of hydrogen-bond acceptors (Lipinski definition) is 5. The van der Waals surface area contributed by atoms with E-state index in [4.69, 9.17) is 21.1 Å². The SMILES string of the molecule is COc1cc(C(=O)NCc2ccc(Cl)cc2)c(N(Cc2ccccc2)S(C)(=O)=O)cc1OC. The number of sulfonamides is 1. The molecule has 174 valence electrons. The van der Waals surface area contributed by atoms with Crippen LogP contribution >= 0.6 is 11.6 Å². The molecule has 0 bridgehead atoms. The van der Waals surface area contributed by atoms with Gasteiger partial charge in [-0.15, -0.1) is 0 Å². The molecule has 0 fully saturated rings. The summed E-state index contributed by atoms with van der Waals surface area (Å²) in [7, 11) is -0.848. The topological polar surface area (TPSA) is 84.9 Å². The standard InChI is InChI=1S/C24H25ClN2O5S/c1-31-22-13-20(24(28)26-15-17-9-11-19(25)12-10-17)21(14-23(22)32-2)27(33(3,29)30)16-18-7-5-4-6-8-18/h4-14H,15-16H2,1-3H3,(H,26,28). The molecule has 3 rings (SSSR count). The second kappa shape index (κ2) is 10.6. The molecule has 0 aromatic heterocycles. The number of rotatable bonds is 9. The molecule has 1 amide bonds. The van der Waals surface area contributed by atoms with Gasteiger partial charge < -0.3 is 14.8 Å². The number of carbonyl (C=O) groups excluding carboxylic acids is 1. The van der Waals surface area contributed by atoms with Crippen molar-refractivity contribution in [2.45, 2.75) is 13.1 Å². The van der Waals surface area contributed by atoms with Gasteiger partial charge in [0.15, 0.2) is 11.5 Å². The van der Waals surface area contributed by atoms with E-state index in [1.54, 1.807) is 24.3 Å². The van der Waals surface area contributed by atoms with Crippen LogP contribution in [0.5, 0.6) is 11.5 Å². The average Bonchev–Trinajstić information content (AvgIpc) is 2.81. The summed E-state index contributed by atoms with van der Waals surface area (Å²) in [6.07, 6.45) is 1.10. The minimum atomic E-state index is -3.75. The number of ether oxygens (including phenoxy) is 2. The van der Waals surface area contributed by atoms with Crippen LogP contribution < -0.4 is 19.1 Å². The molecule has 0 aliphatic heterocycles. The highest BCUT2D eigenvalue weighted by Crippen LogP contribution is 2.37. The van der Waals surface area contributed by atoms with E-state index in [0.29, 0.717) is 16.5 Å². The molecule has 0 spiro atoms. The number of carbonyl (C=O) groups is 1. The summed E-state index contributed by atoms with van der Waals surface area (Å²) in [5.41, 5.74) is 1.94. The van der Waals surface area contributed by atoms with Gasteiger partial charge in [0.1, 0.15) is 0 Å². The number of benzene rings is 3. The van der Waals surface area contributed by atoms with Crippen molar-refractivity contribution >= 4 is 33.2 Å². The average molecular weight is 489 g/mol. The number of nitrogens with one attached hydrogen (secondary N) is 1. The highest BCUT2D eigenvalue weighted by molar-refractivity contribution is 7.92. The van der Waals surface area contributed by atoms with Crippen LogP contribution in [0.15, 0.2) is 66.7 Å². The van der Waals surface area contributed by atoms with Crippen LogP contribution in [-0.4, -0.2) is 34.8 Å². The zero-order valence-corrected chi connectivity index (χ0v) is 20.1. The van der Waals surface area contributed by atoms with E-state index in [0.717, 1.165) is 17.4 Å². The highest BCUT2D eigenvalue weighted by Gasteiger charge is 2.26. The lowest BCUT2D eigenvalue weighted by atomic mass is 10.1. The Bertz CT molecular complexity index is 1220. The van der Waals surface area contributed by atoms with Crippen LogP contribution in [0.1, 0.15) is 21.5 Å². The molecule has 33 heavy (non-hydrogen) atoms. The fourth-order valence-electron chi connectivity index (χ4n) is 3.27. The number of methoxy groups -OCH3 is 2. The van der Waals surface area contributed by atoms with Crippen molar-refractivity contribution in [2.24, 2.45) is 0 Å². The molecule has 0 atom stereocenters. The molecular formula is C24H25ClN2O5S. The highest BCUT2D eigenvalue weighted by atomic mass is 35.5.